The second kappa shape index (κ2) is 11.0. The van der Waals surface area contributed by atoms with E-state index in [4.69, 9.17) is 18.1 Å². The van der Waals surface area contributed by atoms with E-state index in [0.717, 1.165) is 0 Å². The summed E-state index contributed by atoms with van der Waals surface area (Å²) in [5, 5.41) is 0. The average molecular weight is 312 g/mol. The summed E-state index contributed by atoms with van der Waals surface area (Å²) in [5.41, 5.74) is 0. The van der Waals surface area contributed by atoms with Crippen molar-refractivity contribution in [2.75, 3.05) is 32.3 Å². The molecule has 0 aliphatic heterocycles. The molecule has 0 saturated carbocycles. The molecule has 0 radical (unpaired) electrons. The van der Waals surface area contributed by atoms with Crippen LogP contribution in [-0.2, 0) is 27.2 Å². The molecule has 0 aromatic carbocycles. The van der Waals surface area contributed by atoms with E-state index >= 15 is 0 Å². The molecule has 0 bridgehead atoms. The SMILES string of the molecule is CCOP(=O)(CP(=O)(OCC)OCC)OCC.[H-].[Na+]. The predicted molar refractivity (Wildman–Crippen MR) is 67.7 cm³/mol. The zero-order valence-electron chi connectivity index (χ0n) is 12.9. The first-order valence-corrected chi connectivity index (χ1v) is 9.17. The maximum absolute atomic E-state index is 12.2. The van der Waals surface area contributed by atoms with Gasteiger partial charge in [-0.15, -0.1) is 0 Å². The fourth-order valence-corrected chi connectivity index (χ4v) is 5.96. The van der Waals surface area contributed by atoms with E-state index in [9.17, 15) is 9.13 Å². The average Bonchev–Trinajstić information content (AvgIpc) is 2.17. The molecule has 0 aromatic heterocycles. The quantitative estimate of drug-likeness (QED) is 0.434. The summed E-state index contributed by atoms with van der Waals surface area (Å²) in [6.07, 6.45) is 0. The van der Waals surface area contributed by atoms with Crippen LogP contribution in [0, 0.1) is 0 Å². The van der Waals surface area contributed by atoms with Gasteiger partial charge in [-0.05, 0) is 27.7 Å². The third-order valence-electron chi connectivity index (χ3n) is 1.65. The third kappa shape index (κ3) is 8.47. The van der Waals surface area contributed by atoms with Crippen LogP contribution in [0.1, 0.15) is 29.1 Å². The van der Waals surface area contributed by atoms with Crippen LogP contribution in [0.25, 0.3) is 0 Å². The second-order valence-corrected chi connectivity index (χ2v) is 7.64. The molecule has 0 aromatic rings. The Hall–Kier alpha value is 1.30. The van der Waals surface area contributed by atoms with E-state index in [0.29, 0.717) is 0 Å². The summed E-state index contributed by atoms with van der Waals surface area (Å²) >= 11 is 0. The van der Waals surface area contributed by atoms with Crippen LogP contribution >= 0.6 is 15.2 Å². The van der Waals surface area contributed by atoms with Crippen LogP contribution in [0.15, 0.2) is 0 Å². The molecule has 0 rings (SSSR count). The molecule has 9 heteroatoms. The topological polar surface area (TPSA) is 71.1 Å². The fraction of sp³-hybridized carbons (Fsp3) is 1.00. The largest absolute Gasteiger partial charge is 1.00 e. The van der Waals surface area contributed by atoms with Crippen molar-refractivity contribution in [1.29, 1.82) is 0 Å². The molecule has 0 saturated heterocycles. The van der Waals surface area contributed by atoms with Gasteiger partial charge in [-0.1, -0.05) is 0 Å². The number of hydrogen-bond donors (Lipinski definition) is 0. The van der Waals surface area contributed by atoms with E-state index < -0.39 is 15.2 Å². The van der Waals surface area contributed by atoms with Crippen LogP contribution in [0.3, 0.4) is 0 Å². The Labute approximate surface area is 133 Å². The molecule has 106 valence electrons. The molecule has 0 spiro atoms. The Kier molecular flexibility index (Phi) is 13.2. The third-order valence-corrected chi connectivity index (χ3v) is 7.03. The van der Waals surface area contributed by atoms with Crippen LogP contribution in [0.5, 0.6) is 0 Å². The van der Waals surface area contributed by atoms with Gasteiger partial charge in [0.1, 0.15) is 0 Å². The molecule has 0 aliphatic rings. The van der Waals surface area contributed by atoms with Crippen molar-refractivity contribution in [1.82, 2.24) is 0 Å². The van der Waals surface area contributed by atoms with Crippen molar-refractivity contribution in [3.8, 4) is 0 Å². The molecule has 0 fully saturated rings. The van der Waals surface area contributed by atoms with Crippen molar-refractivity contribution in [3.05, 3.63) is 0 Å². The second-order valence-electron chi connectivity index (χ2n) is 3.03. The van der Waals surface area contributed by atoms with Gasteiger partial charge < -0.3 is 19.5 Å². The molecule has 0 aliphatic carbocycles. The fourth-order valence-electron chi connectivity index (χ4n) is 1.24. The minimum Gasteiger partial charge on any atom is -1.00 e. The molecular weight excluding hydrogens is 289 g/mol. The Morgan fingerprint density at radius 3 is 1.11 bits per heavy atom. The minimum atomic E-state index is -3.41. The van der Waals surface area contributed by atoms with E-state index in [-0.39, 0.29) is 63.3 Å². The van der Waals surface area contributed by atoms with Gasteiger partial charge in [-0.3, -0.25) is 9.13 Å². The maximum Gasteiger partial charge on any atom is 1.00 e. The summed E-state index contributed by atoms with van der Waals surface area (Å²) in [6, 6.07) is 0. The van der Waals surface area contributed by atoms with Gasteiger partial charge in [0.25, 0.3) is 0 Å². The minimum absolute atomic E-state index is 0. The van der Waals surface area contributed by atoms with Crippen molar-refractivity contribution in [2.45, 2.75) is 27.7 Å². The molecule has 18 heavy (non-hydrogen) atoms. The van der Waals surface area contributed by atoms with Crippen LogP contribution in [-0.4, -0.2) is 32.3 Å². The number of rotatable bonds is 10. The van der Waals surface area contributed by atoms with Crippen LogP contribution in [0.4, 0.5) is 0 Å². The van der Waals surface area contributed by atoms with Gasteiger partial charge in [0.2, 0.25) is 0 Å². The van der Waals surface area contributed by atoms with Crippen molar-refractivity contribution >= 4 is 15.2 Å². The summed E-state index contributed by atoms with van der Waals surface area (Å²) in [5.74, 6) is -0.344. The summed E-state index contributed by atoms with van der Waals surface area (Å²) in [4.78, 5) is 0. The van der Waals surface area contributed by atoms with Gasteiger partial charge >= 0.3 is 44.7 Å². The van der Waals surface area contributed by atoms with E-state index in [2.05, 4.69) is 0 Å². The molecule has 0 atom stereocenters. The molecule has 0 heterocycles. The monoisotopic (exact) mass is 312 g/mol. The first kappa shape index (κ1) is 21.6. The normalized spacial score (nSPS) is 12.2. The van der Waals surface area contributed by atoms with Crippen molar-refractivity contribution in [2.24, 2.45) is 0 Å². The Morgan fingerprint density at radius 1 is 0.722 bits per heavy atom. The first-order chi connectivity index (χ1) is 7.95. The van der Waals surface area contributed by atoms with Crippen molar-refractivity contribution in [3.63, 3.8) is 0 Å². The Balaban J connectivity index is -0.00000128. The Bertz CT molecular complexity index is 256. The smallest absolute Gasteiger partial charge is 1.00 e. The summed E-state index contributed by atoms with van der Waals surface area (Å²) in [6.45, 7) is 7.64. The Morgan fingerprint density at radius 2 is 0.944 bits per heavy atom. The van der Waals surface area contributed by atoms with Gasteiger partial charge in [-0.2, -0.15) is 0 Å². The van der Waals surface area contributed by atoms with Crippen LogP contribution < -0.4 is 29.6 Å². The van der Waals surface area contributed by atoms with Crippen molar-refractivity contribution < 1.29 is 58.2 Å². The molecular formula is C9H23NaO6P2. The van der Waals surface area contributed by atoms with Crippen LogP contribution in [0.2, 0.25) is 0 Å². The standard InChI is InChI=1S/C9H22O6P2.Na.H/c1-5-12-16(10,13-6-2)9-17(11,14-7-3)15-8-4;;/h5-9H2,1-4H3;;/q;+1;-1. The number of hydrogen-bond acceptors (Lipinski definition) is 6. The van der Waals surface area contributed by atoms with Gasteiger partial charge in [0, 0.05) is 0 Å². The zero-order valence-corrected chi connectivity index (χ0v) is 15.7. The van der Waals surface area contributed by atoms with Gasteiger partial charge in [0.15, 0.2) is 5.90 Å². The molecule has 0 N–H and O–H groups in total. The zero-order chi connectivity index (χ0) is 13.4. The summed E-state index contributed by atoms with van der Waals surface area (Å²) in [7, 11) is -6.83. The summed E-state index contributed by atoms with van der Waals surface area (Å²) < 4.78 is 44.6. The maximum atomic E-state index is 12.2. The molecule has 6 nitrogen and oxygen atoms in total. The molecule has 0 amide bonds. The van der Waals surface area contributed by atoms with Gasteiger partial charge in [0.05, 0.1) is 26.4 Å². The molecule has 0 unspecified atom stereocenters. The van der Waals surface area contributed by atoms with E-state index in [1.54, 1.807) is 27.7 Å². The van der Waals surface area contributed by atoms with E-state index in [1.165, 1.54) is 0 Å². The van der Waals surface area contributed by atoms with Gasteiger partial charge in [-0.25, -0.2) is 0 Å². The van der Waals surface area contributed by atoms with E-state index in [1.807, 2.05) is 0 Å². The predicted octanol–water partition coefficient (Wildman–Crippen LogP) is 0.593. The first-order valence-electron chi connectivity index (χ1n) is 5.71.